The van der Waals surface area contributed by atoms with Gasteiger partial charge in [-0.3, -0.25) is 0 Å². The zero-order valence-corrected chi connectivity index (χ0v) is 10.9. The third-order valence-electron chi connectivity index (χ3n) is 3.01. The molecule has 0 fully saturated rings. The fourth-order valence-corrected chi connectivity index (χ4v) is 1.92. The van der Waals surface area contributed by atoms with Crippen LogP contribution in [0.5, 0.6) is 0 Å². The fourth-order valence-electron chi connectivity index (χ4n) is 1.92. The van der Waals surface area contributed by atoms with Crippen LogP contribution in [0.3, 0.4) is 0 Å². The lowest BCUT2D eigenvalue weighted by Gasteiger charge is -2.13. The molecule has 1 heterocycles. The minimum atomic E-state index is 0.0725. The van der Waals surface area contributed by atoms with E-state index < -0.39 is 0 Å². The maximum Gasteiger partial charge on any atom is 0.130 e. The molecular weight excluding hydrogens is 222 g/mol. The second-order valence-electron chi connectivity index (χ2n) is 4.38. The van der Waals surface area contributed by atoms with Crippen LogP contribution in [-0.2, 0) is 0 Å². The van der Waals surface area contributed by atoms with Crippen molar-refractivity contribution in [1.82, 2.24) is 4.98 Å². The van der Waals surface area contributed by atoms with Gasteiger partial charge in [-0.05, 0) is 37.1 Å². The van der Waals surface area contributed by atoms with Gasteiger partial charge in [-0.25, -0.2) is 4.98 Å². The van der Waals surface area contributed by atoms with Gasteiger partial charge in [0.15, 0.2) is 0 Å². The molecule has 1 aromatic heterocycles. The van der Waals surface area contributed by atoms with Crippen LogP contribution in [0.1, 0.15) is 30.6 Å². The van der Waals surface area contributed by atoms with Gasteiger partial charge in [0, 0.05) is 17.4 Å². The van der Waals surface area contributed by atoms with E-state index in [4.69, 9.17) is 5.73 Å². The number of para-hydroxylation sites is 1. The number of hydrogen-bond donors (Lipinski definition) is 2. The molecule has 0 unspecified atom stereocenters. The van der Waals surface area contributed by atoms with E-state index in [1.807, 2.05) is 43.3 Å². The van der Waals surface area contributed by atoms with E-state index in [1.165, 1.54) is 0 Å². The number of nitrogens with one attached hydrogen (secondary N) is 1. The summed E-state index contributed by atoms with van der Waals surface area (Å²) < 4.78 is 0. The molecule has 0 spiro atoms. The summed E-state index contributed by atoms with van der Waals surface area (Å²) in [7, 11) is 0. The van der Waals surface area contributed by atoms with Gasteiger partial charge < -0.3 is 11.1 Å². The number of nitrogens with two attached hydrogens (primary N) is 1. The highest BCUT2D eigenvalue weighted by molar-refractivity contribution is 5.56. The van der Waals surface area contributed by atoms with E-state index in [9.17, 15) is 0 Å². The van der Waals surface area contributed by atoms with Gasteiger partial charge >= 0.3 is 0 Å². The maximum atomic E-state index is 6.04. The van der Waals surface area contributed by atoms with E-state index in [0.717, 1.165) is 29.2 Å². The molecular formula is C15H19N3. The summed E-state index contributed by atoms with van der Waals surface area (Å²) in [5.74, 6) is 0.853. The Morgan fingerprint density at radius 1 is 1.17 bits per heavy atom. The molecule has 3 heteroatoms. The van der Waals surface area contributed by atoms with E-state index in [0.29, 0.717) is 0 Å². The molecule has 0 saturated carbocycles. The largest absolute Gasteiger partial charge is 0.340 e. The predicted octanol–water partition coefficient (Wildman–Crippen LogP) is 3.54. The number of aromatic nitrogens is 1. The van der Waals surface area contributed by atoms with Crippen LogP contribution in [0.2, 0.25) is 0 Å². The quantitative estimate of drug-likeness (QED) is 0.860. The summed E-state index contributed by atoms with van der Waals surface area (Å²) in [6, 6.07) is 14.1. The molecule has 0 saturated heterocycles. The molecule has 18 heavy (non-hydrogen) atoms. The number of nitrogens with zero attached hydrogens (tertiary/aromatic N) is 1. The molecule has 2 aromatic rings. The van der Waals surface area contributed by atoms with Crippen LogP contribution < -0.4 is 11.1 Å². The van der Waals surface area contributed by atoms with Crippen molar-refractivity contribution in [2.45, 2.75) is 26.3 Å². The second-order valence-corrected chi connectivity index (χ2v) is 4.38. The van der Waals surface area contributed by atoms with Crippen LogP contribution in [0.4, 0.5) is 11.5 Å². The molecule has 3 nitrogen and oxygen atoms in total. The average Bonchev–Trinajstić information content (AvgIpc) is 2.39. The summed E-state index contributed by atoms with van der Waals surface area (Å²) in [6.07, 6.45) is 0.925. The number of pyridine rings is 1. The number of anilines is 2. The van der Waals surface area contributed by atoms with Crippen molar-refractivity contribution in [3.05, 3.63) is 53.7 Å². The Morgan fingerprint density at radius 2 is 1.89 bits per heavy atom. The molecule has 1 aromatic carbocycles. The van der Waals surface area contributed by atoms with Gasteiger partial charge in [0.1, 0.15) is 5.82 Å². The van der Waals surface area contributed by atoms with E-state index in [1.54, 1.807) is 0 Å². The van der Waals surface area contributed by atoms with Crippen molar-refractivity contribution in [2.75, 3.05) is 5.32 Å². The SMILES string of the molecule is CC[C@H](N)c1ccc(Nc2ccccc2)nc1C. The zero-order chi connectivity index (χ0) is 13.0. The van der Waals surface area contributed by atoms with Gasteiger partial charge in [0.25, 0.3) is 0 Å². The number of rotatable bonds is 4. The molecule has 3 N–H and O–H groups in total. The molecule has 0 aliphatic rings. The van der Waals surface area contributed by atoms with Gasteiger partial charge in [0.2, 0.25) is 0 Å². The van der Waals surface area contributed by atoms with E-state index in [-0.39, 0.29) is 6.04 Å². The first-order valence-corrected chi connectivity index (χ1v) is 6.26. The Bertz CT molecular complexity index is 508. The molecule has 1 atom stereocenters. The van der Waals surface area contributed by atoms with Crippen molar-refractivity contribution in [3.63, 3.8) is 0 Å². The van der Waals surface area contributed by atoms with E-state index in [2.05, 4.69) is 23.3 Å². The topological polar surface area (TPSA) is 50.9 Å². The Labute approximate surface area is 108 Å². The number of hydrogen-bond acceptors (Lipinski definition) is 3. The maximum absolute atomic E-state index is 6.04. The summed E-state index contributed by atoms with van der Waals surface area (Å²) in [5.41, 5.74) is 9.19. The second kappa shape index (κ2) is 5.65. The van der Waals surface area contributed by atoms with Crippen LogP contribution in [0, 0.1) is 6.92 Å². The third kappa shape index (κ3) is 2.87. The lowest BCUT2D eigenvalue weighted by molar-refractivity contribution is 0.689. The Morgan fingerprint density at radius 3 is 2.50 bits per heavy atom. The van der Waals surface area contributed by atoms with Crippen LogP contribution in [0.15, 0.2) is 42.5 Å². The van der Waals surface area contributed by atoms with Crippen molar-refractivity contribution in [2.24, 2.45) is 5.73 Å². The fraction of sp³-hybridized carbons (Fsp3) is 0.267. The Balaban J connectivity index is 2.19. The molecule has 0 amide bonds. The predicted molar refractivity (Wildman–Crippen MR) is 75.9 cm³/mol. The van der Waals surface area contributed by atoms with Gasteiger partial charge in [-0.15, -0.1) is 0 Å². The lowest BCUT2D eigenvalue weighted by Crippen LogP contribution is -2.11. The monoisotopic (exact) mass is 241 g/mol. The molecule has 0 bridgehead atoms. The van der Waals surface area contributed by atoms with Crippen LogP contribution in [0.25, 0.3) is 0 Å². The molecule has 0 aliphatic heterocycles. The zero-order valence-electron chi connectivity index (χ0n) is 10.9. The molecule has 0 radical (unpaired) electrons. The van der Waals surface area contributed by atoms with Crippen molar-refractivity contribution in [1.29, 1.82) is 0 Å². The highest BCUT2D eigenvalue weighted by Gasteiger charge is 2.08. The van der Waals surface area contributed by atoms with Crippen molar-refractivity contribution in [3.8, 4) is 0 Å². The molecule has 2 rings (SSSR count). The van der Waals surface area contributed by atoms with Crippen molar-refractivity contribution >= 4 is 11.5 Å². The minimum absolute atomic E-state index is 0.0725. The summed E-state index contributed by atoms with van der Waals surface area (Å²) in [5, 5.41) is 3.28. The third-order valence-corrected chi connectivity index (χ3v) is 3.01. The summed E-state index contributed by atoms with van der Waals surface area (Å²) in [4.78, 5) is 4.55. The first-order valence-electron chi connectivity index (χ1n) is 6.26. The standard InChI is InChI=1S/C15H19N3/c1-3-14(16)13-9-10-15(17-11(13)2)18-12-7-5-4-6-8-12/h4-10,14H,3,16H2,1-2H3,(H,17,18)/t14-/m0/s1. The van der Waals surface area contributed by atoms with E-state index >= 15 is 0 Å². The summed E-state index contributed by atoms with van der Waals surface area (Å²) >= 11 is 0. The lowest BCUT2D eigenvalue weighted by atomic mass is 10.0. The van der Waals surface area contributed by atoms with Gasteiger partial charge in [-0.2, -0.15) is 0 Å². The normalized spacial score (nSPS) is 12.2. The number of aryl methyl sites for hydroxylation is 1. The first kappa shape index (κ1) is 12.6. The first-order chi connectivity index (χ1) is 8.70. The highest BCUT2D eigenvalue weighted by atomic mass is 15.0. The highest BCUT2D eigenvalue weighted by Crippen LogP contribution is 2.20. The Hall–Kier alpha value is -1.87. The molecule has 0 aliphatic carbocycles. The number of benzene rings is 1. The van der Waals surface area contributed by atoms with Crippen molar-refractivity contribution < 1.29 is 0 Å². The molecule has 94 valence electrons. The minimum Gasteiger partial charge on any atom is -0.340 e. The van der Waals surface area contributed by atoms with Crippen LogP contribution >= 0.6 is 0 Å². The van der Waals surface area contributed by atoms with Gasteiger partial charge in [0.05, 0.1) is 0 Å². The van der Waals surface area contributed by atoms with Crippen LogP contribution in [-0.4, -0.2) is 4.98 Å². The smallest absolute Gasteiger partial charge is 0.130 e. The summed E-state index contributed by atoms with van der Waals surface area (Å²) in [6.45, 7) is 4.08. The van der Waals surface area contributed by atoms with Gasteiger partial charge in [-0.1, -0.05) is 31.2 Å². The average molecular weight is 241 g/mol. The Kier molecular flexibility index (Phi) is 3.95.